The molecule has 23 heavy (non-hydrogen) atoms. The third kappa shape index (κ3) is 2.99. The van der Waals surface area contributed by atoms with E-state index in [1.807, 2.05) is 6.26 Å². The van der Waals surface area contributed by atoms with Crippen molar-refractivity contribution in [2.24, 2.45) is 0 Å². The fraction of sp³-hybridized carbons (Fsp3) is 0.400. The summed E-state index contributed by atoms with van der Waals surface area (Å²) < 4.78 is 20.8. The highest BCUT2D eigenvalue weighted by molar-refractivity contribution is 7.99. The van der Waals surface area contributed by atoms with Crippen molar-refractivity contribution in [2.45, 2.75) is 32.4 Å². The summed E-state index contributed by atoms with van der Waals surface area (Å²) in [6, 6.07) is 3.16. The molecule has 0 fully saturated rings. The summed E-state index contributed by atoms with van der Waals surface area (Å²) in [5.74, 6) is -0.531. The number of benzene rings is 1. The molecule has 1 aliphatic heterocycles. The highest BCUT2D eigenvalue weighted by Crippen LogP contribution is 2.36. The van der Waals surface area contributed by atoms with Crippen molar-refractivity contribution in [3.8, 4) is 11.1 Å². The summed E-state index contributed by atoms with van der Waals surface area (Å²) in [5, 5.41) is 0.688. The first-order chi connectivity index (χ1) is 11.0. The largest absolute Gasteiger partial charge is 0.329 e. The number of aromatic nitrogens is 2. The number of nitrogens with one attached hydrogen (secondary N) is 1. The summed E-state index contributed by atoms with van der Waals surface area (Å²) in [6.45, 7) is 1.03. The van der Waals surface area contributed by atoms with E-state index in [1.165, 1.54) is 27.4 Å². The van der Waals surface area contributed by atoms with Gasteiger partial charge < -0.3 is 4.72 Å². The highest BCUT2D eigenvalue weighted by atomic mass is 35.5. The molecule has 0 saturated heterocycles. The van der Waals surface area contributed by atoms with Crippen molar-refractivity contribution in [3.63, 3.8) is 0 Å². The topological polar surface area (TPSA) is 39.0 Å². The average Bonchev–Trinajstić information content (AvgIpc) is 2.71. The lowest BCUT2D eigenvalue weighted by Crippen LogP contribution is -2.22. The summed E-state index contributed by atoms with van der Waals surface area (Å²) in [4.78, 5) is 12.7. The fourth-order valence-electron chi connectivity index (χ4n) is 2.86. The predicted molar refractivity (Wildman–Crippen MR) is 95.1 cm³/mol. The molecule has 1 N–H and O–H groups in total. The Morgan fingerprint density at radius 2 is 1.83 bits per heavy atom. The van der Waals surface area contributed by atoms with Gasteiger partial charge >= 0.3 is 0 Å². The predicted octanol–water partition coefficient (Wildman–Crippen LogP) is 4.64. The molecule has 0 spiro atoms. The summed E-state index contributed by atoms with van der Waals surface area (Å²) in [6.07, 6.45) is 4.57. The molecule has 0 amide bonds. The van der Waals surface area contributed by atoms with Gasteiger partial charge in [0.15, 0.2) is 0 Å². The van der Waals surface area contributed by atoms with E-state index in [0.29, 0.717) is 29.4 Å². The van der Waals surface area contributed by atoms with Crippen LogP contribution in [0.5, 0.6) is 0 Å². The SMILES string of the molecule is CSNc1cc(-c2c(F)n3n(c2=O)CCCCC3)c(Cl)cc1Cl. The van der Waals surface area contributed by atoms with Crippen LogP contribution in [0.15, 0.2) is 16.9 Å². The maximum atomic E-state index is 14.9. The Labute approximate surface area is 147 Å². The van der Waals surface area contributed by atoms with Crippen molar-refractivity contribution < 1.29 is 4.39 Å². The molecule has 0 bridgehead atoms. The lowest BCUT2D eigenvalue weighted by molar-refractivity contribution is 0.393. The minimum atomic E-state index is -0.531. The van der Waals surface area contributed by atoms with Gasteiger partial charge in [-0.05, 0) is 31.4 Å². The number of fused-ring (bicyclic) bond motifs is 1. The van der Waals surface area contributed by atoms with Crippen LogP contribution in [-0.4, -0.2) is 15.6 Å². The number of hydrogen-bond acceptors (Lipinski definition) is 3. The van der Waals surface area contributed by atoms with Crippen LogP contribution in [0.25, 0.3) is 11.1 Å². The van der Waals surface area contributed by atoms with E-state index in [-0.39, 0.29) is 16.1 Å². The lowest BCUT2D eigenvalue weighted by atomic mass is 10.1. The van der Waals surface area contributed by atoms with E-state index in [9.17, 15) is 9.18 Å². The molecule has 8 heteroatoms. The molecular weight excluding hydrogens is 360 g/mol. The average molecular weight is 376 g/mol. The van der Waals surface area contributed by atoms with Crippen LogP contribution < -0.4 is 10.3 Å². The minimum absolute atomic E-state index is 0.0118. The summed E-state index contributed by atoms with van der Waals surface area (Å²) in [5.41, 5.74) is 0.633. The molecule has 1 aliphatic rings. The Balaban J connectivity index is 2.20. The molecule has 124 valence electrons. The second-order valence-electron chi connectivity index (χ2n) is 5.40. The van der Waals surface area contributed by atoms with E-state index in [1.54, 1.807) is 6.07 Å². The van der Waals surface area contributed by atoms with Gasteiger partial charge in [-0.25, -0.2) is 4.68 Å². The molecule has 0 atom stereocenters. The van der Waals surface area contributed by atoms with E-state index in [0.717, 1.165) is 19.3 Å². The van der Waals surface area contributed by atoms with E-state index < -0.39 is 5.95 Å². The fourth-order valence-corrected chi connectivity index (χ4v) is 3.83. The quantitative estimate of drug-likeness (QED) is 0.794. The number of hydrogen-bond donors (Lipinski definition) is 1. The zero-order valence-electron chi connectivity index (χ0n) is 12.5. The Hall–Kier alpha value is -1.11. The molecule has 0 aliphatic carbocycles. The molecule has 0 unspecified atom stereocenters. The van der Waals surface area contributed by atoms with Crippen LogP contribution in [0.4, 0.5) is 10.1 Å². The third-order valence-electron chi connectivity index (χ3n) is 3.95. The molecule has 0 radical (unpaired) electrons. The zero-order chi connectivity index (χ0) is 16.6. The van der Waals surface area contributed by atoms with Crippen LogP contribution in [0, 0.1) is 5.95 Å². The second-order valence-corrected chi connectivity index (χ2v) is 6.82. The van der Waals surface area contributed by atoms with Crippen LogP contribution in [-0.2, 0) is 13.1 Å². The highest BCUT2D eigenvalue weighted by Gasteiger charge is 2.25. The van der Waals surface area contributed by atoms with Gasteiger partial charge in [0.2, 0.25) is 5.95 Å². The first kappa shape index (κ1) is 16.7. The second kappa shape index (κ2) is 6.79. The number of halogens is 3. The number of anilines is 1. The van der Waals surface area contributed by atoms with Gasteiger partial charge in [-0.2, -0.15) is 4.39 Å². The first-order valence-corrected chi connectivity index (χ1v) is 9.30. The Morgan fingerprint density at radius 1 is 1.13 bits per heavy atom. The van der Waals surface area contributed by atoms with Crippen LogP contribution in [0.2, 0.25) is 10.0 Å². The van der Waals surface area contributed by atoms with Crippen LogP contribution in [0.1, 0.15) is 19.3 Å². The minimum Gasteiger partial charge on any atom is -0.329 e. The standard InChI is InChI=1S/C15H16Cl2FN3OS/c1-23-19-12-7-9(10(16)8-11(12)17)13-14(18)20-5-3-2-4-6-21(20)15(13)22/h7-8,19H,2-6H2,1H3. The molecule has 2 heterocycles. The van der Waals surface area contributed by atoms with Crippen LogP contribution >= 0.6 is 35.1 Å². The summed E-state index contributed by atoms with van der Waals surface area (Å²) >= 11 is 13.7. The Bertz CT molecular complexity index is 803. The van der Waals surface area contributed by atoms with Crippen molar-refractivity contribution in [1.29, 1.82) is 0 Å². The van der Waals surface area contributed by atoms with Gasteiger partial charge in [0.05, 0.1) is 15.7 Å². The third-order valence-corrected chi connectivity index (χ3v) is 5.00. The normalized spacial score (nSPS) is 14.4. The van der Waals surface area contributed by atoms with Gasteiger partial charge in [0.1, 0.15) is 5.56 Å². The molecule has 1 aromatic heterocycles. The van der Waals surface area contributed by atoms with E-state index in [2.05, 4.69) is 4.72 Å². The van der Waals surface area contributed by atoms with Gasteiger partial charge in [-0.3, -0.25) is 9.48 Å². The van der Waals surface area contributed by atoms with E-state index >= 15 is 0 Å². The van der Waals surface area contributed by atoms with E-state index in [4.69, 9.17) is 23.2 Å². The van der Waals surface area contributed by atoms with Crippen molar-refractivity contribution in [2.75, 3.05) is 11.0 Å². The number of nitrogens with zero attached hydrogens (tertiary/aromatic N) is 2. The molecule has 2 aromatic rings. The molecule has 0 saturated carbocycles. The van der Waals surface area contributed by atoms with Crippen molar-refractivity contribution >= 4 is 40.8 Å². The van der Waals surface area contributed by atoms with Crippen molar-refractivity contribution in [1.82, 2.24) is 9.36 Å². The van der Waals surface area contributed by atoms with Crippen LogP contribution in [0.3, 0.4) is 0 Å². The molecule has 3 rings (SSSR count). The first-order valence-electron chi connectivity index (χ1n) is 7.32. The molecular formula is C15H16Cl2FN3OS. The lowest BCUT2D eigenvalue weighted by Gasteiger charge is -2.09. The number of rotatable bonds is 3. The smallest absolute Gasteiger partial charge is 0.277 e. The molecule has 4 nitrogen and oxygen atoms in total. The zero-order valence-corrected chi connectivity index (χ0v) is 14.9. The molecule has 1 aromatic carbocycles. The maximum absolute atomic E-state index is 14.9. The van der Waals surface area contributed by atoms with Gasteiger partial charge in [-0.15, -0.1) is 0 Å². The monoisotopic (exact) mass is 375 g/mol. The van der Waals surface area contributed by atoms with Crippen molar-refractivity contribution in [3.05, 3.63) is 38.5 Å². The Kier molecular flexibility index (Phi) is 4.94. The van der Waals surface area contributed by atoms with Gasteiger partial charge in [0, 0.05) is 24.9 Å². The van der Waals surface area contributed by atoms with Gasteiger partial charge in [-0.1, -0.05) is 35.1 Å². The maximum Gasteiger partial charge on any atom is 0.277 e. The Morgan fingerprint density at radius 3 is 2.52 bits per heavy atom. The van der Waals surface area contributed by atoms with Gasteiger partial charge in [0.25, 0.3) is 5.56 Å². The summed E-state index contributed by atoms with van der Waals surface area (Å²) in [7, 11) is 0.